The van der Waals surface area contributed by atoms with Crippen LogP contribution in [0.15, 0.2) is 60.7 Å². The molecule has 6 nitrogen and oxygen atoms in total. The van der Waals surface area contributed by atoms with Crippen LogP contribution in [0.3, 0.4) is 0 Å². The van der Waals surface area contributed by atoms with Gasteiger partial charge in [0, 0.05) is 29.6 Å². The van der Waals surface area contributed by atoms with Crippen molar-refractivity contribution >= 4 is 23.2 Å². The Morgan fingerprint density at radius 3 is 2.29 bits per heavy atom. The molecule has 1 saturated heterocycles. The van der Waals surface area contributed by atoms with Gasteiger partial charge in [0.15, 0.2) is 0 Å². The Morgan fingerprint density at radius 1 is 0.971 bits per heavy atom. The summed E-state index contributed by atoms with van der Waals surface area (Å²) in [5, 5.41) is 3.16. The molecule has 2 amide bonds. The van der Waals surface area contributed by atoms with Gasteiger partial charge in [0.1, 0.15) is 16.4 Å². The molecule has 7 heteroatoms. The van der Waals surface area contributed by atoms with Crippen LogP contribution < -0.4 is 14.8 Å². The highest BCUT2D eigenvalue weighted by Crippen LogP contribution is 2.36. The van der Waals surface area contributed by atoms with Crippen LogP contribution in [0.4, 0.5) is 0 Å². The van der Waals surface area contributed by atoms with Crippen LogP contribution in [0.1, 0.15) is 46.7 Å². The lowest BCUT2D eigenvalue weighted by Gasteiger charge is -2.32. The Kier molecular flexibility index (Phi) is 7.85. The Balaban J connectivity index is 1.36. The van der Waals surface area contributed by atoms with Crippen molar-refractivity contribution in [1.29, 1.82) is 0 Å². The summed E-state index contributed by atoms with van der Waals surface area (Å²) in [4.78, 5) is 29.4. The number of hydrogen-bond acceptors (Lipinski definition) is 5. The summed E-state index contributed by atoms with van der Waals surface area (Å²) in [6, 6.07) is 19.2. The predicted molar refractivity (Wildman–Crippen MR) is 135 cm³/mol. The lowest BCUT2D eigenvalue weighted by atomic mass is 10.0. The molecule has 34 heavy (non-hydrogen) atoms. The van der Waals surface area contributed by atoms with Crippen molar-refractivity contribution < 1.29 is 19.1 Å². The number of amides is 2. The lowest BCUT2D eigenvalue weighted by molar-refractivity contribution is 0.0698. The summed E-state index contributed by atoms with van der Waals surface area (Å²) in [6.07, 6.45) is 1.44. The highest BCUT2D eigenvalue weighted by molar-refractivity contribution is 7.17. The number of nitrogens with zero attached hydrogens (tertiary/aromatic N) is 1. The molecule has 2 aromatic carbocycles. The minimum Gasteiger partial charge on any atom is -0.494 e. The second-order valence-electron chi connectivity index (χ2n) is 8.10. The second kappa shape index (κ2) is 11.2. The Hall–Kier alpha value is -3.32. The molecule has 2 heterocycles. The molecule has 1 aliphatic rings. The summed E-state index contributed by atoms with van der Waals surface area (Å²) in [7, 11) is 0. The normalized spacial score (nSPS) is 14.0. The van der Waals surface area contributed by atoms with Gasteiger partial charge in [-0.15, -0.1) is 11.3 Å². The van der Waals surface area contributed by atoms with Crippen molar-refractivity contribution in [2.75, 3.05) is 26.3 Å². The fraction of sp³-hybridized carbons (Fsp3) is 0.333. The molecule has 0 bridgehead atoms. The van der Waals surface area contributed by atoms with Gasteiger partial charge in [-0.1, -0.05) is 30.3 Å². The summed E-state index contributed by atoms with van der Waals surface area (Å²) in [6.45, 7) is 6.15. The highest BCUT2D eigenvalue weighted by atomic mass is 32.1. The van der Waals surface area contributed by atoms with Crippen LogP contribution in [-0.2, 0) is 0 Å². The fourth-order valence-corrected chi connectivity index (χ4v) is 5.07. The third kappa shape index (κ3) is 5.59. The van der Waals surface area contributed by atoms with Gasteiger partial charge in [-0.3, -0.25) is 9.59 Å². The third-order valence-corrected chi connectivity index (χ3v) is 6.96. The average Bonchev–Trinajstić information content (AvgIpc) is 3.30. The number of nitrogens with one attached hydrogen (secondary N) is 1. The second-order valence-corrected chi connectivity index (χ2v) is 9.15. The molecular weight excluding hydrogens is 448 g/mol. The van der Waals surface area contributed by atoms with E-state index in [4.69, 9.17) is 9.47 Å². The first-order chi connectivity index (χ1) is 16.6. The number of carbonyl (C=O) groups excluding carboxylic acids is 2. The number of thiophene rings is 1. The zero-order valence-electron chi connectivity index (χ0n) is 19.6. The zero-order valence-corrected chi connectivity index (χ0v) is 20.4. The van der Waals surface area contributed by atoms with Gasteiger partial charge in [-0.05, 0) is 62.6 Å². The zero-order chi connectivity index (χ0) is 23.9. The predicted octanol–water partition coefficient (Wildman–Crippen LogP) is 5.25. The van der Waals surface area contributed by atoms with Crippen molar-refractivity contribution in [1.82, 2.24) is 10.2 Å². The van der Waals surface area contributed by atoms with Gasteiger partial charge in [-0.2, -0.15) is 0 Å². The first-order valence-corrected chi connectivity index (χ1v) is 12.6. The number of ether oxygens (including phenoxy) is 2. The summed E-state index contributed by atoms with van der Waals surface area (Å²) >= 11 is 1.44. The van der Waals surface area contributed by atoms with E-state index in [0.29, 0.717) is 42.5 Å². The molecule has 0 radical (unpaired) electrons. The Morgan fingerprint density at radius 2 is 1.65 bits per heavy atom. The van der Waals surface area contributed by atoms with E-state index in [0.717, 1.165) is 29.0 Å². The van der Waals surface area contributed by atoms with Crippen LogP contribution >= 0.6 is 11.3 Å². The number of carbonyl (C=O) groups is 2. The van der Waals surface area contributed by atoms with E-state index in [9.17, 15) is 9.59 Å². The minimum atomic E-state index is -0.119. The van der Waals surface area contributed by atoms with Gasteiger partial charge in [0.05, 0.1) is 13.2 Å². The van der Waals surface area contributed by atoms with Crippen molar-refractivity contribution in [2.24, 2.45) is 0 Å². The number of likely N-dealkylation sites (tertiary alicyclic amines) is 1. The van der Waals surface area contributed by atoms with Gasteiger partial charge in [0.2, 0.25) is 0 Å². The van der Waals surface area contributed by atoms with Crippen LogP contribution in [0.2, 0.25) is 0 Å². The largest absolute Gasteiger partial charge is 0.494 e. The van der Waals surface area contributed by atoms with Gasteiger partial charge < -0.3 is 19.7 Å². The first-order valence-electron chi connectivity index (χ1n) is 11.7. The van der Waals surface area contributed by atoms with E-state index in [1.165, 1.54) is 11.3 Å². The number of piperidine rings is 1. The maximum Gasteiger partial charge on any atom is 0.265 e. The number of benzene rings is 2. The van der Waals surface area contributed by atoms with Crippen LogP contribution in [-0.4, -0.2) is 49.1 Å². The minimum absolute atomic E-state index is 0.0113. The van der Waals surface area contributed by atoms with Crippen molar-refractivity contribution in [2.45, 2.75) is 32.7 Å². The molecule has 178 valence electrons. The summed E-state index contributed by atoms with van der Waals surface area (Å²) in [5.74, 6) is 1.27. The summed E-state index contributed by atoms with van der Waals surface area (Å²) < 4.78 is 11.2. The van der Waals surface area contributed by atoms with E-state index in [2.05, 4.69) is 5.32 Å². The molecule has 3 aromatic rings. The van der Waals surface area contributed by atoms with E-state index >= 15 is 0 Å². The van der Waals surface area contributed by atoms with Gasteiger partial charge in [-0.25, -0.2) is 0 Å². The molecular formula is C27H30N2O4S. The maximum absolute atomic E-state index is 13.1. The van der Waals surface area contributed by atoms with E-state index in [1.807, 2.05) is 67.3 Å². The van der Waals surface area contributed by atoms with Gasteiger partial charge in [0.25, 0.3) is 11.8 Å². The van der Waals surface area contributed by atoms with Crippen molar-refractivity contribution in [3.8, 4) is 21.9 Å². The van der Waals surface area contributed by atoms with E-state index < -0.39 is 0 Å². The number of rotatable bonds is 8. The van der Waals surface area contributed by atoms with Gasteiger partial charge >= 0.3 is 0 Å². The maximum atomic E-state index is 13.1. The fourth-order valence-electron chi connectivity index (χ4n) is 4.06. The Bertz CT molecular complexity index is 1100. The molecule has 1 fully saturated rings. The highest BCUT2D eigenvalue weighted by Gasteiger charge is 2.27. The standard InChI is InChI=1S/C27H30N2O4S/c1-3-32-22-12-10-20(11-13-22)27(31)29-16-14-21(15-17-29)28-26(30)25-23(33-4-2)18-24(34-25)19-8-6-5-7-9-19/h5-13,18,21H,3-4,14-17H2,1-2H3,(H,28,30). The molecule has 1 aliphatic heterocycles. The SMILES string of the molecule is CCOc1ccc(C(=O)N2CCC(NC(=O)c3sc(-c4ccccc4)cc3OCC)CC2)cc1. The molecule has 0 aliphatic carbocycles. The topological polar surface area (TPSA) is 67.9 Å². The molecule has 1 aromatic heterocycles. The molecule has 0 unspecified atom stereocenters. The molecule has 4 rings (SSSR count). The summed E-state index contributed by atoms with van der Waals surface area (Å²) in [5.41, 5.74) is 1.72. The molecule has 0 atom stereocenters. The third-order valence-electron chi connectivity index (χ3n) is 5.79. The Labute approximate surface area is 204 Å². The monoisotopic (exact) mass is 478 g/mol. The van der Waals surface area contributed by atoms with Crippen molar-refractivity contribution in [3.05, 3.63) is 71.1 Å². The smallest absolute Gasteiger partial charge is 0.265 e. The van der Waals surface area contributed by atoms with Crippen LogP contribution in [0.25, 0.3) is 10.4 Å². The van der Waals surface area contributed by atoms with E-state index in [-0.39, 0.29) is 17.9 Å². The average molecular weight is 479 g/mol. The van der Waals surface area contributed by atoms with Crippen LogP contribution in [0.5, 0.6) is 11.5 Å². The first kappa shape index (κ1) is 23.8. The molecule has 1 N–H and O–H groups in total. The number of hydrogen-bond donors (Lipinski definition) is 1. The lowest BCUT2D eigenvalue weighted by Crippen LogP contribution is -2.46. The molecule has 0 saturated carbocycles. The van der Waals surface area contributed by atoms with Crippen LogP contribution in [0, 0.1) is 0 Å². The van der Waals surface area contributed by atoms with E-state index in [1.54, 1.807) is 12.1 Å². The molecule has 0 spiro atoms. The quantitative estimate of drug-likeness (QED) is 0.480. The van der Waals surface area contributed by atoms with Crippen molar-refractivity contribution in [3.63, 3.8) is 0 Å².